The van der Waals surface area contributed by atoms with Gasteiger partial charge in [-0.1, -0.05) is 6.07 Å². The normalized spacial score (nSPS) is 10.3. The van der Waals surface area contributed by atoms with Gasteiger partial charge >= 0.3 is 5.97 Å². The average molecular weight is 236 g/mol. The van der Waals surface area contributed by atoms with E-state index < -0.39 is 5.97 Å². The number of pyridine rings is 1. The van der Waals surface area contributed by atoms with E-state index in [2.05, 4.69) is 4.98 Å². The summed E-state index contributed by atoms with van der Waals surface area (Å²) in [5.41, 5.74) is 0.647. The Morgan fingerprint density at radius 1 is 1.41 bits per heavy atom. The first-order valence-corrected chi connectivity index (χ1v) is 5.42. The molecule has 0 saturated carbocycles. The molecule has 17 heavy (non-hydrogen) atoms. The molecule has 0 aliphatic rings. The minimum absolute atomic E-state index is 0.131. The smallest absolute Gasteiger partial charge is 0.323 e. The van der Waals surface area contributed by atoms with Gasteiger partial charge in [0, 0.05) is 17.9 Å². The van der Waals surface area contributed by atoms with Crippen LogP contribution in [0.4, 0.5) is 0 Å². The van der Waals surface area contributed by atoms with Crippen LogP contribution in [0, 0.1) is 0 Å². The SMILES string of the molecule is CC(C)N(CC(=O)O)C(=O)Cc1ccccn1. The van der Waals surface area contributed by atoms with E-state index in [1.54, 1.807) is 38.2 Å². The van der Waals surface area contributed by atoms with Gasteiger partial charge in [0.2, 0.25) is 5.91 Å². The summed E-state index contributed by atoms with van der Waals surface area (Å²) in [6.07, 6.45) is 1.74. The van der Waals surface area contributed by atoms with Crippen molar-refractivity contribution in [1.29, 1.82) is 0 Å². The molecule has 0 aliphatic carbocycles. The average Bonchev–Trinajstić information content (AvgIpc) is 2.26. The van der Waals surface area contributed by atoms with Gasteiger partial charge < -0.3 is 10.0 Å². The summed E-state index contributed by atoms with van der Waals surface area (Å²) in [7, 11) is 0. The van der Waals surface area contributed by atoms with Gasteiger partial charge in [-0.15, -0.1) is 0 Å². The molecule has 92 valence electrons. The van der Waals surface area contributed by atoms with E-state index in [4.69, 9.17) is 5.11 Å². The molecule has 0 saturated heterocycles. The van der Waals surface area contributed by atoms with Gasteiger partial charge in [-0.2, -0.15) is 0 Å². The standard InChI is InChI=1S/C12H16N2O3/c1-9(2)14(8-12(16)17)11(15)7-10-5-3-4-6-13-10/h3-6,9H,7-8H2,1-2H3,(H,16,17). The number of aliphatic carboxylic acids is 1. The maximum Gasteiger partial charge on any atom is 0.323 e. The molecule has 1 amide bonds. The Kier molecular flexibility index (Phi) is 4.63. The van der Waals surface area contributed by atoms with Crippen molar-refractivity contribution in [3.8, 4) is 0 Å². The van der Waals surface area contributed by atoms with E-state index in [1.165, 1.54) is 4.90 Å². The number of aromatic nitrogens is 1. The first kappa shape index (κ1) is 13.2. The second-order valence-corrected chi connectivity index (χ2v) is 4.01. The van der Waals surface area contributed by atoms with Crippen LogP contribution in [0.2, 0.25) is 0 Å². The van der Waals surface area contributed by atoms with Crippen LogP contribution in [-0.4, -0.2) is 39.5 Å². The number of amides is 1. The topological polar surface area (TPSA) is 70.5 Å². The Hall–Kier alpha value is -1.91. The van der Waals surface area contributed by atoms with Crippen molar-refractivity contribution in [3.05, 3.63) is 30.1 Å². The van der Waals surface area contributed by atoms with Crippen LogP contribution in [0.5, 0.6) is 0 Å². The maximum absolute atomic E-state index is 11.9. The number of nitrogens with zero attached hydrogens (tertiary/aromatic N) is 2. The third kappa shape index (κ3) is 4.22. The highest BCUT2D eigenvalue weighted by atomic mass is 16.4. The van der Waals surface area contributed by atoms with E-state index in [0.717, 1.165) is 0 Å². The number of hydrogen-bond donors (Lipinski definition) is 1. The largest absolute Gasteiger partial charge is 0.480 e. The van der Waals surface area contributed by atoms with Gasteiger partial charge in [-0.3, -0.25) is 14.6 Å². The molecule has 0 unspecified atom stereocenters. The quantitative estimate of drug-likeness (QED) is 0.826. The molecule has 0 fully saturated rings. The zero-order chi connectivity index (χ0) is 12.8. The van der Waals surface area contributed by atoms with E-state index >= 15 is 0 Å². The lowest BCUT2D eigenvalue weighted by atomic mass is 10.2. The van der Waals surface area contributed by atoms with E-state index in [9.17, 15) is 9.59 Å². The number of hydrogen-bond acceptors (Lipinski definition) is 3. The number of carboxylic acids is 1. The molecule has 0 aromatic carbocycles. The Bertz CT molecular complexity index is 390. The number of carbonyl (C=O) groups excluding carboxylic acids is 1. The molecule has 5 nitrogen and oxygen atoms in total. The van der Waals surface area contributed by atoms with Gasteiger partial charge in [0.05, 0.1) is 6.42 Å². The minimum atomic E-state index is -1.01. The fourth-order valence-electron chi connectivity index (χ4n) is 1.46. The van der Waals surface area contributed by atoms with Crippen LogP contribution in [0.1, 0.15) is 19.5 Å². The lowest BCUT2D eigenvalue weighted by Crippen LogP contribution is -2.41. The number of rotatable bonds is 5. The molecular weight excluding hydrogens is 220 g/mol. The van der Waals surface area contributed by atoms with Gasteiger partial charge in [-0.25, -0.2) is 0 Å². The highest BCUT2D eigenvalue weighted by Crippen LogP contribution is 2.04. The van der Waals surface area contributed by atoms with Crippen LogP contribution >= 0.6 is 0 Å². The minimum Gasteiger partial charge on any atom is -0.480 e. The first-order chi connectivity index (χ1) is 8.00. The fourth-order valence-corrected chi connectivity index (χ4v) is 1.46. The van der Waals surface area contributed by atoms with E-state index in [-0.39, 0.29) is 24.9 Å². The van der Waals surface area contributed by atoms with Crippen molar-refractivity contribution in [1.82, 2.24) is 9.88 Å². The highest BCUT2D eigenvalue weighted by Gasteiger charge is 2.20. The molecule has 0 atom stereocenters. The third-order valence-corrected chi connectivity index (χ3v) is 2.31. The van der Waals surface area contributed by atoms with Crippen molar-refractivity contribution in [3.63, 3.8) is 0 Å². The summed E-state index contributed by atoms with van der Waals surface area (Å²) >= 11 is 0. The number of carbonyl (C=O) groups is 2. The van der Waals surface area contributed by atoms with E-state index in [1.807, 2.05) is 0 Å². The third-order valence-electron chi connectivity index (χ3n) is 2.31. The predicted molar refractivity (Wildman–Crippen MR) is 62.4 cm³/mol. The van der Waals surface area contributed by atoms with Crippen molar-refractivity contribution in [2.24, 2.45) is 0 Å². The molecule has 1 rings (SSSR count). The van der Waals surface area contributed by atoms with Crippen molar-refractivity contribution >= 4 is 11.9 Å². The molecule has 1 N–H and O–H groups in total. The predicted octanol–water partition coefficient (Wildman–Crippen LogP) is 0.946. The Morgan fingerprint density at radius 3 is 2.59 bits per heavy atom. The van der Waals surface area contributed by atoms with Crippen LogP contribution in [0.15, 0.2) is 24.4 Å². The second kappa shape index (κ2) is 5.98. The number of carboxylic acid groups (broad SMARTS) is 1. The Morgan fingerprint density at radius 2 is 2.12 bits per heavy atom. The summed E-state index contributed by atoms with van der Waals surface area (Å²) in [6.45, 7) is 3.31. The van der Waals surface area contributed by atoms with Crippen molar-refractivity contribution < 1.29 is 14.7 Å². The van der Waals surface area contributed by atoms with Gasteiger partial charge in [-0.05, 0) is 26.0 Å². The zero-order valence-corrected chi connectivity index (χ0v) is 9.96. The van der Waals surface area contributed by atoms with Gasteiger partial charge in [0.1, 0.15) is 6.54 Å². The molecule has 0 aliphatic heterocycles. The van der Waals surface area contributed by atoms with Crippen LogP contribution in [0.25, 0.3) is 0 Å². The lowest BCUT2D eigenvalue weighted by molar-refractivity contribution is -0.145. The molecule has 0 spiro atoms. The molecule has 1 aromatic rings. The summed E-state index contributed by atoms with van der Waals surface area (Å²) in [4.78, 5) is 27.9. The molecule has 5 heteroatoms. The summed E-state index contributed by atoms with van der Waals surface area (Å²) in [6, 6.07) is 5.18. The van der Waals surface area contributed by atoms with Crippen molar-refractivity contribution in [2.75, 3.05) is 6.54 Å². The summed E-state index contributed by atoms with van der Waals surface area (Å²) in [5, 5.41) is 8.74. The molecule has 0 radical (unpaired) electrons. The second-order valence-electron chi connectivity index (χ2n) is 4.01. The summed E-state index contributed by atoms with van der Waals surface area (Å²) in [5.74, 6) is -1.23. The zero-order valence-electron chi connectivity index (χ0n) is 9.96. The molecule has 1 heterocycles. The first-order valence-electron chi connectivity index (χ1n) is 5.42. The Balaban J connectivity index is 2.69. The highest BCUT2D eigenvalue weighted by molar-refractivity contribution is 5.82. The van der Waals surface area contributed by atoms with Crippen molar-refractivity contribution in [2.45, 2.75) is 26.3 Å². The van der Waals surface area contributed by atoms with Gasteiger partial charge in [0.15, 0.2) is 0 Å². The van der Waals surface area contributed by atoms with Crippen LogP contribution in [-0.2, 0) is 16.0 Å². The van der Waals surface area contributed by atoms with Crippen LogP contribution < -0.4 is 0 Å². The lowest BCUT2D eigenvalue weighted by Gasteiger charge is -2.24. The summed E-state index contributed by atoms with van der Waals surface area (Å²) < 4.78 is 0. The monoisotopic (exact) mass is 236 g/mol. The van der Waals surface area contributed by atoms with Gasteiger partial charge in [0.25, 0.3) is 0 Å². The van der Waals surface area contributed by atoms with Crippen LogP contribution in [0.3, 0.4) is 0 Å². The molecular formula is C12H16N2O3. The maximum atomic E-state index is 11.9. The van der Waals surface area contributed by atoms with E-state index in [0.29, 0.717) is 5.69 Å². The molecule has 0 bridgehead atoms. The molecule has 1 aromatic heterocycles. The Labute approximate surface area is 100 Å². The fraction of sp³-hybridized carbons (Fsp3) is 0.417.